The van der Waals surface area contributed by atoms with Crippen molar-refractivity contribution >= 4 is 5.97 Å². The van der Waals surface area contributed by atoms with Gasteiger partial charge in [-0.15, -0.1) is 0 Å². The normalized spacial score (nSPS) is 15.3. The van der Waals surface area contributed by atoms with Crippen LogP contribution in [0.1, 0.15) is 23.4 Å². The highest BCUT2D eigenvalue weighted by Gasteiger charge is 2.22. The van der Waals surface area contributed by atoms with Gasteiger partial charge < -0.3 is 23.8 Å². The molecule has 1 aliphatic rings. The van der Waals surface area contributed by atoms with Crippen molar-refractivity contribution in [1.82, 2.24) is 5.16 Å². The number of hydrogen-bond acceptors (Lipinski definition) is 6. The first-order valence-corrected chi connectivity index (χ1v) is 7.31. The number of ether oxygens (including phenoxy) is 3. The van der Waals surface area contributed by atoms with Gasteiger partial charge in [0, 0.05) is 24.5 Å². The molecular formula is C16H17NO6. The van der Waals surface area contributed by atoms with Gasteiger partial charge >= 0.3 is 5.97 Å². The topological polar surface area (TPSA) is 91.0 Å². The van der Waals surface area contributed by atoms with E-state index >= 15 is 0 Å². The molecule has 1 fully saturated rings. The van der Waals surface area contributed by atoms with Gasteiger partial charge in [-0.3, -0.25) is 0 Å². The summed E-state index contributed by atoms with van der Waals surface area (Å²) >= 11 is 0. The molecule has 23 heavy (non-hydrogen) atoms. The monoisotopic (exact) mass is 319 g/mol. The molecule has 0 aliphatic carbocycles. The number of methoxy groups -OCH3 is 1. The quantitative estimate of drug-likeness (QED) is 0.905. The Labute approximate surface area is 132 Å². The van der Waals surface area contributed by atoms with E-state index in [0.717, 1.165) is 12.8 Å². The molecule has 1 aromatic carbocycles. The van der Waals surface area contributed by atoms with E-state index in [4.69, 9.17) is 23.8 Å². The maximum atomic E-state index is 11.0. The number of benzene rings is 1. The van der Waals surface area contributed by atoms with Crippen LogP contribution in [0.3, 0.4) is 0 Å². The summed E-state index contributed by atoms with van der Waals surface area (Å²) in [7, 11) is 1.56. The van der Waals surface area contributed by atoms with E-state index in [9.17, 15) is 4.79 Å². The van der Waals surface area contributed by atoms with Crippen LogP contribution in [0, 0.1) is 0 Å². The third-order valence-corrected chi connectivity index (χ3v) is 3.65. The predicted octanol–water partition coefficient (Wildman–Crippen LogP) is 2.61. The minimum Gasteiger partial charge on any atom is -0.493 e. The minimum atomic E-state index is -1.17. The number of aromatic carboxylic acids is 1. The maximum Gasteiger partial charge on any atom is 0.374 e. The lowest BCUT2D eigenvalue weighted by Crippen LogP contribution is -2.26. The first-order chi connectivity index (χ1) is 11.2. The first kappa shape index (κ1) is 15.4. The molecule has 0 bridgehead atoms. The van der Waals surface area contributed by atoms with Crippen molar-refractivity contribution in [1.29, 1.82) is 0 Å². The summed E-state index contributed by atoms with van der Waals surface area (Å²) in [6, 6.07) is 6.74. The second-order valence-corrected chi connectivity index (χ2v) is 5.15. The van der Waals surface area contributed by atoms with Crippen LogP contribution in [-0.4, -0.2) is 42.7 Å². The maximum absolute atomic E-state index is 11.0. The van der Waals surface area contributed by atoms with E-state index < -0.39 is 5.97 Å². The molecular weight excluding hydrogens is 302 g/mol. The number of carboxylic acid groups (broad SMARTS) is 1. The fourth-order valence-electron chi connectivity index (χ4n) is 2.46. The van der Waals surface area contributed by atoms with E-state index in [1.807, 2.05) is 0 Å². The standard InChI is InChI=1S/C16H17NO6/c1-20-13-4-2-3-11(12-9-14(16(18)19)23-17-12)15(13)22-10-5-7-21-8-6-10/h2-4,9-10H,5-8H2,1H3,(H,18,19). The Bertz CT molecular complexity index is 690. The van der Waals surface area contributed by atoms with Gasteiger partial charge in [0.15, 0.2) is 11.5 Å². The Morgan fingerprint density at radius 3 is 2.78 bits per heavy atom. The van der Waals surface area contributed by atoms with Crippen LogP contribution in [0.2, 0.25) is 0 Å². The van der Waals surface area contributed by atoms with E-state index in [0.29, 0.717) is 36.0 Å². The largest absolute Gasteiger partial charge is 0.493 e. The third kappa shape index (κ3) is 3.29. The second kappa shape index (κ2) is 6.70. The molecule has 1 aromatic heterocycles. The number of carboxylic acids is 1. The van der Waals surface area contributed by atoms with Crippen molar-refractivity contribution < 1.29 is 28.6 Å². The Morgan fingerprint density at radius 2 is 2.13 bits per heavy atom. The molecule has 0 atom stereocenters. The van der Waals surface area contributed by atoms with Crippen molar-refractivity contribution in [2.45, 2.75) is 18.9 Å². The van der Waals surface area contributed by atoms with E-state index in [-0.39, 0.29) is 11.9 Å². The first-order valence-electron chi connectivity index (χ1n) is 7.31. The van der Waals surface area contributed by atoms with E-state index in [2.05, 4.69) is 5.16 Å². The SMILES string of the molecule is COc1cccc(-c2cc(C(=O)O)on2)c1OC1CCOCC1. The molecule has 2 aromatic rings. The Balaban J connectivity index is 1.96. The summed E-state index contributed by atoms with van der Waals surface area (Å²) in [5.74, 6) is -0.292. The third-order valence-electron chi connectivity index (χ3n) is 3.65. The van der Waals surface area contributed by atoms with Crippen molar-refractivity contribution in [2.24, 2.45) is 0 Å². The predicted molar refractivity (Wildman–Crippen MR) is 79.9 cm³/mol. The van der Waals surface area contributed by atoms with Gasteiger partial charge in [-0.25, -0.2) is 4.79 Å². The molecule has 122 valence electrons. The summed E-state index contributed by atoms with van der Waals surface area (Å²) in [4.78, 5) is 11.0. The molecule has 0 saturated carbocycles. The van der Waals surface area contributed by atoms with E-state index in [1.165, 1.54) is 6.07 Å². The zero-order valence-electron chi connectivity index (χ0n) is 12.7. The second-order valence-electron chi connectivity index (χ2n) is 5.15. The lowest BCUT2D eigenvalue weighted by atomic mass is 10.1. The van der Waals surface area contributed by atoms with Gasteiger partial charge in [-0.1, -0.05) is 11.2 Å². The van der Waals surface area contributed by atoms with Crippen LogP contribution in [0.4, 0.5) is 0 Å². The number of rotatable bonds is 5. The highest BCUT2D eigenvalue weighted by molar-refractivity contribution is 5.86. The van der Waals surface area contributed by atoms with Gasteiger partial charge in [-0.05, 0) is 12.1 Å². The van der Waals surface area contributed by atoms with Gasteiger partial charge in [0.1, 0.15) is 11.8 Å². The Kier molecular flexibility index (Phi) is 4.47. The molecule has 7 heteroatoms. The fourth-order valence-corrected chi connectivity index (χ4v) is 2.46. The highest BCUT2D eigenvalue weighted by Crippen LogP contribution is 2.39. The van der Waals surface area contributed by atoms with Gasteiger partial charge in [0.2, 0.25) is 5.76 Å². The molecule has 0 amide bonds. The van der Waals surface area contributed by atoms with Crippen molar-refractivity contribution in [2.75, 3.05) is 20.3 Å². The van der Waals surface area contributed by atoms with Crippen LogP contribution in [0.15, 0.2) is 28.8 Å². The zero-order chi connectivity index (χ0) is 16.2. The molecule has 0 unspecified atom stereocenters. The van der Waals surface area contributed by atoms with Crippen molar-refractivity contribution in [3.63, 3.8) is 0 Å². The molecule has 3 rings (SSSR count). The van der Waals surface area contributed by atoms with Crippen LogP contribution < -0.4 is 9.47 Å². The van der Waals surface area contributed by atoms with Crippen LogP contribution in [-0.2, 0) is 4.74 Å². The van der Waals surface area contributed by atoms with Gasteiger partial charge in [-0.2, -0.15) is 0 Å². The minimum absolute atomic E-state index is 0.0182. The van der Waals surface area contributed by atoms with Crippen molar-refractivity contribution in [3.05, 3.63) is 30.0 Å². The molecule has 2 heterocycles. The number of hydrogen-bond donors (Lipinski definition) is 1. The smallest absolute Gasteiger partial charge is 0.374 e. The molecule has 7 nitrogen and oxygen atoms in total. The van der Waals surface area contributed by atoms with Gasteiger partial charge in [0.25, 0.3) is 0 Å². The summed E-state index contributed by atoms with van der Waals surface area (Å²) in [6.45, 7) is 1.31. The van der Waals surface area contributed by atoms with Gasteiger partial charge in [0.05, 0.1) is 20.3 Å². The zero-order valence-corrected chi connectivity index (χ0v) is 12.7. The number of nitrogens with zero attached hydrogens (tertiary/aromatic N) is 1. The Morgan fingerprint density at radius 1 is 1.35 bits per heavy atom. The van der Waals surface area contributed by atoms with Crippen LogP contribution >= 0.6 is 0 Å². The summed E-state index contributed by atoms with van der Waals surface area (Å²) < 4.78 is 21.6. The molecule has 1 aliphatic heterocycles. The lowest BCUT2D eigenvalue weighted by molar-refractivity contribution is 0.0248. The number of carbonyl (C=O) groups is 1. The fraction of sp³-hybridized carbons (Fsp3) is 0.375. The average molecular weight is 319 g/mol. The lowest BCUT2D eigenvalue weighted by Gasteiger charge is -2.25. The molecule has 1 saturated heterocycles. The van der Waals surface area contributed by atoms with Crippen molar-refractivity contribution in [3.8, 4) is 22.8 Å². The van der Waals surface area contributed by atoms with Crippen LogP contribution in [0.5, 0.6) is 11.5 Å². The highest BCUT2D eigenvalue weighted by atomic mass is 16.5. The summed E-state index contributed by atoms with van der Waals surface area (Å²) in [5.41, 5.74) is 1.02. The summed E-state index contributed by atoms with van der Waals surface area (Å²) in [6.07, 6.45) is 1.59. The average Bonchev–Trinajstić information content (AvgIpc) is 3.06. The molecule has 1 N–H and O–H groups in total. The molecule has 0 radical (unpaired) electrons. The number of aromatic nitrogens is 1. The number of para-hydroxylation sites is 1. The molecule has 0 spiro atoms. The Hall–Kier alpha value is -2.54. The van der Waals surface area contributed by atoms with E-state index in [1.54, 1.807) is 25.3 Å². The summed E-state index contributed by atoms with van der Waals surface area (Å²) in [5, 5.41) is 12.8. The van der Waals surface area contributed by atoms with Crippen LogP contribution in [0.25, 0.3) is 11.3 Å².